The Kier molecular flexibility index (Phi) is 4.71. The normalized spacial score (nSPS) is 11.7. The van der Waals surface area contributed by atoms with E-state index < -0.39 is 11.9 Å². The molecule has 1 rings (SSSR count). The van der Waals surface area contributed by atoms with Gasteiger partial charge in [0.05, 0.1) is 7.11 Å². The predicted octanol–water partition coefficient (Wildman–Crippen LogP) is 1.46. The molecular formula is C13H18N2O3. The van der Waals surface area contributed by atoms with Crippen LogP contribution in [-0.2, 0) is 9.53 Å². The van der Waals surface area contributed by atoms with E-state index in [1.54, 1.807) is 18.2 Å². The summed E-state index contributed by atoms with van der Waals surface area (Å²) in [4.78, 5) is 22.5. The Hall–Kier alpha value is -2.04. The molecule has 1 atom stereocenters. The van der Waals surface area contributed by atoms with E-state index in [1.807, 2.05) is 13.8 Å². The molecule has 5 heteroatoms. The van der Waals surface area contributed by atoms with Crippen LogP contribution >= 0.6 is 0 Å². The van der Waals surface area contributed by atoms with Crippen molar-refractivity contribution >= 4 is 17.6 Å². The first-order valence-corrected chi connectivity index (χ1v) is 5.74. The third-order valence-corrected chi connectivity index (χ3v) is 2.73. The van der Waals surface area contributed by atoms with Crippen LogP contribution < -0.4 is 11.1 Å². The number of benzene rings is 1. The zero-order chi connectivity index (χ0) is 13.7. The maximum atomic E-state index is 11.5. The van der Waals surface area contributed by atoms with Crippen molar-refractivity contribution in [1.29, 1.82) is 0 Å². The number of rotatable bonds is 5. The van der Waals surface area contributed by atoms with Crippen molar-refractivity contribution in [2.45, 2.75) is 26.3 Å². The number of hydrogen-bond donors (Lipinski definition) is 2. The quantitative estimate of drug-likeness (QED) is 0.775. The first-order chi connectivity index (χ1) is 8.49. The number of hydrogen-bond acceptors (Lipinski definition) is 4. The number of anilines is 1. The van der Waals surface area contributed by atoms with Gasteiger partial charge < -0.3 is 15.8 Å². The van der Waals surface area contributed by atoms with Gasteiger partial charge in [0.15, 0.2) is 0 Å². The number of nitrogens with one attached hydrogen (secondary N) is 1. The molecule has 0 saturated heterocycles. The van der Waals surface area contributed by atoms with Crippen LogP contribution in [-0.4, -0.2) is 25.0 Å². The summed E-state index contributed by atoms with van der Waals surface area (Å²) in [6.45, 7) is 3.74. The average molecular weight is 250 g/mol. The molecule has 1 unspecified atom stereocenters. The van der Waals surface area contributed by atoms with Crippen molar-refractivity contribution in [3.8, 4) is 0 Å². The minimum atomic E-state index is -0.468. The number of amides is 1. The highest BCUT2D eigenvalue weighted by Crippen LogP contribution is 2.18. The van der Waals surface area contributed by atoms with Crippen LogP contribution in [0.5, 0.6) is 0 Å². The van der Waals surface area contributed by atoms with Crippen molar-refractivity contribution in [3.05, 3.63) is 29.3 Å². The molecule has 0 spiro atoms. The van der Waals surface area contributed by atoms with Gasteiger partial charge in [-0.25, -0.2) is 4.79 Å². The summed E-state index contributed by atoms with van der Waals surface area (Å²) in [5, 5.41) is 3.09. The van der Waals surface area contributed by atoms with Crippen molar-refractivity contribution in [2.75, 3.05) is 12.4 Å². The second kappa shape index (κ2) is 6.05. The van der Waals surface area contributed by atoms with E-state index in [0.29, 0.717) is 12.0 Å². The Labute approximate surface area is 106 Å². The van der Waals surface area contributed by atoms with E-state index in [0.717, 1.165) is 11.3 Å². The molecule has 1 aromatic carbocycles. The Balaban J connectivity index is 2.90. The predicted molar refractivity (Wildman–Crippen MR) is 69.4 cm³/mol. The number of methoxy groups -OCH3 is 1. The summed E-state index contributed by atoms with van der Waals surface area (Å²) in [6.07, 6.45) is 0.615. The fraction of sp³-hybridized carbons (Fsp3) is 0.385. The standard InChI is InChI=1S/C13H18N2O3/c1-4-10(13(17)18-3)15-11-6-5-9(12(14)16)7-8(11)2/h5-7,10,15H,4H2,1-3H3,(H2,14,16). The molecule has 0 aliphatic carbocycles. The summed E-state index contributed by atoms with van der Waals surface area (Å²) in [7, 11) is 1.36. The molecule has 0 bridgehead atoms. The fourth-order valence-electron chi connectivity index (χ4n) is 1.64. The van der Waals surface area contributed by atoms with Crippen LogP contribution in [0.2, 0.25) is 0 Å². The van der Waals surface area contributed by atoms with Crippen LogP contribution in [0.1, 0.15) is 29.3 Å². The molecular weight excluding hydrogens is 232 g/mol. The largest absolute Gasteiger partial charge is 0.467 e. The van der Waals surface area contributed by atoms with Crippen molar-refractivity contribution in [3.63, 3.8) is 0 Å². The number of nitrogens with two attached hydrogens (primary N) is 1. The van der Waals surface area contributed by atoms with Gasteiger partial charge in [-0.2, -0.15) is 0 Å². The molecule has 1 aromatic rings. The Morgan fingerprint density at radius 1 is 1.44 bits per heavy atom. The molecule has 0 saturated carbocycles. The Morgan fingerprint density at radius 3 is 2.56 bits per heavy atom. The molecule has 0 fully saturated rings. The lowest BCUT2D eigenvalue weighted by molar-refractivity contribution is -0.141. The molecule has 0 aliphatic rings. The van der Waals surface area contributed by atoms with Gasteiger partial charge >= 0.3 is 5.97 Å². The number of carbonyl (C=O) groups is 2. The lowest BCUT2D eigenvalue weighted by Gasteiger charge is -2.17. The third kappa shape index (κ3) is 3.23. The summed E-state index contributed by atoms with van der Waals surface area (Å²) in [5.41, 5.74) is 7.29. The number of aryl methyl sites for hydroxylation is 1. The summed E-state index contributed by atoms with van der Waals surface area (Å²) < 4.78 is 4.70. The van der Waals surface area contributed by atoms with E-state index in [4.69, 9.17) is 10.5 Å². The fourth-order valence-corrected chi connectivity index (χ4v) is 1.64. The van der Waals surface area contributed by atoms with Crippen LogP contribution in [0.3, 0.4) is 0 Å². The molecule has 1 amide bonds. The third-order valence-electron chi connectivity index (χ3n) is 2.73. The van der Waals surface area contributed by atoms with Gasteiger partial charge in [0, 0.05) is 11.3 Å². The number of primary amides is 1. The SMILES string of the molecule is CCC(Nc1ccc(C(N)=O)cc1C)C(=O)OC. The lowest BCUT2D eigenvalue weighted by atomic mass is 10.1. The highest BCUT2D eigenvalue weighted by atomic mass is 16.5. The van der Waals surface area contributed by atoms with E-state index in [2.05, 4.69) is 5.32 Å². The second-order valence-electron chi connectivity index (χ2n) is 4.02. The molecule has 0 heterocycles. The van der Waals surface area contributed by atoms with Gasteiger partial charge in [-0.1, -0.05) is 6.92 Å². The Morgan fingerprint density at radius 2 is 2.11 bits per heavy atom. The number of carbonyl (C=O) groups excluding carboxylic acids is 2. The zero-order valence-electron chi connectivity index (χ0n) is 10.8. The molecule has 0 radical (unpaired) electrons. The maximum absolute atomic E-state index is 11.5. The number of esters is 1. The lowest BCUT2D eigenvalue weighted by Crippen LogP contribution is -2.30. The van der Waals surface area contributed by atoms with E-state index in [9.17, 15) is 9.59 Å². The van der Waals surface area contributed by atoms with Crippen LogP contribution in [0.25, 0.3) is 0 Å². The number of ether oxygens (including phenoxy) is 1. The zero-order valence-corrected chi connectivity index (χ0v) is 10.8. The maximum Gasteiger partial charge on any atom is 0.328 e. The van der Waals surface area contributed by atoms with E-state index in [-0.39, 0.29) is 5.97 Å². The topological polar surface area (TPSA) is 81.4 Å². The highest BCUT2D eigenvalue weighted by molar-refractivity contribution is 5.93. The average Bonchev–Trinajstić information content (AvgIpc) is 2.36. The molecule has 0 aromatic heterocycles. The smallest absolute Gasteiger partial charge is 0.328 e. The first-order valence-electron chi connectivity index (χ1n) is 5.74. The van der Waals surface area contributed by atoms with Crippen LogP contribution in [0.15, 0.2) is 18.2 Å². The molecule has 0 aliphatic heterocycles. The summed E-state index contributed by atoms with van der Waals surface area (Å²) in [6, 6.07) is 4.66. The van der Waals surface area contributed by atoms with Gasteiger partial charge in [-0.05, 0) is 37.1 Å². The van der Waals surface area contributed by atoms with E-state index in [1.165, 1.54) is 7.11 Å². The highest BCUT2D eigenvalue weighted by Gasteiger charge is 2.17. The second-order valence-corrected chi connectivity index (χ2v) is 4.02. The van der Waals surface area contributed by atoms with Crippen LogP contribution in [0.4, 0.5) is 5.69 Å². The minimum Gasteiger partial charge on any atom is -0.467 e. The summed E-state index contributed by atoms with van der Waals surface area (Å²) >= 11 is 0. The monoisotopic (exact) mass is 250 g/mol. The van der Waals surface area contributed by atoms with Gasteiger partial charge in [0.25, 0.3) is 0 Å². The van der Waals surface area contributed by atoms with Crippen molar-refractivity contribution in [1.82, 2.24) is 0 Å². The van der Waals surface area contributed by atoms with Crippen molar-refractivity contribution < 1.29 is 14.3 Å². The molecule has 98 valence electrons. The molecule has 3 N–H and O–H groups in total. The summed E-state index contributed by atoms with van der Waals surface area (Å²) in [5.74, 6) is -0.777. The Bertz CT molecular complexity index is 458. The molecule has 18 heavy (non-hydrogen) atoms. The van der Waals surface area contributed by atoms with Gasteiger partial charge in [0.1, 0.15) is 6.04 Å². The van der Waals surface area contributed by atoms with Gasteiger partial charge in [0.2, 0.25) is 5.91 Å². The van der Waals surface area contributed by atoms with Gasteiger partial charge in [-0.3, -0.25) is 4.79 Å². The molecule has 5 nitrogen and oxygen atoms in total. The van der Waals surface area contributed by atoms with Crippen LogP contribution in [0, 0.1) is 6.92 Å². The van der Waals surface area contributed by atoms with Gasteiger partial charge in [-0.15, -0.1) is 0 Å². The first kappa shape index (κ1) is 14.0. The minimum absolute atomic E-state index is 0.309. The van der Waals surface area contributed by atoms with E-state index >= 15 is 0 Å². The van der Waals surface area contributed by atoms with Crippen molar-refractivity contribution in [2.24, 2.45) is 5.73 Å².